The minimum atomic E-state index is -0.209. The molecule has 0 aliphatic carbocycles. The van der Waals surface area contributed by atoms with Gasteiger partial charge in [-0.05, 0) is 36.6 Å². The van der Waals surface area contributed by atoms with Gasteiger partial charge in [0.2, 0.25) is 5.91 Å². The Kier molecular flexibility index (Phi) is 4.58. The number of aromatic hydroxyl groups is 1. The average molecular weight is 287 g/mol. The number of para-hydroxylation sites is 1. The predicted octanol–water partition coefficient (Wildman–Crippen LogP) is 3.01. The summed E-state index contributed by atoms with van der Waals surface area (Å²) in [6.45, 7) is 3.75. The highest BCUT2D eigenvalue weighted by Gasteiger charge is 2.08. The van der Waals surface area contributed by atoms with Gasteiger partial charge in [-0.25, -0.2) is 4.39 Å². The van der Waals surface area contributed by atoms with Gasteiger partial charge in [0.1, 0.15) is 11.6 Å². The van der Waals surface area contributed by atoms with Crippen molar-refractivity contribution in [2.75, 3.05) is 0 Å². The Balaban J connectivity index is 1.97. The lowest BCUT2D eigenvalue weighted by Crippen LogP contribution is -2.24. The molecule has 0 radical (unpaired) electrons. The van der Waals surface area contributed by atoms with E-state index in [4.69, 9.17) is 0 Å². The van der Waals surface area contributed by atoms with E-state index in [0.29, 0.717) is 23.2 Å². The fourth-order valence-electron chi connectivity index (χ4n) is 2.23. The second-order valence-corrected chi connectivity index (χ2v) is 5.13. The summed E-state index contributed by atoms with van der Waals surface area (Å²) in [5, 5.41) is 12.4. The molecule has 0 aromatic heterocycles. The van der Waals surface area contributed by atoms with Crippen LogP contribution in [0.2, 0.25) is 0 Å². The third-order valence-corrected chi connectivity index (χ3v) is 3.33. The van der Waals surface area contributed by atoms with Gasteiger partial charge >= 0.3 is 0 Å². The highest BCUT2D eigenvalue weighted by molar-refractivity contribution is 5.79. The molecule has 1 amide bonds. The van der Waals surface area contributed by atoms with E-state index in [1.54, 1.807) is 50.2 Å². The molecule has 2 N–H and O–H groups in total. The number of benzene rings is 2. The molecule has 110 valence electrons. The first-order chi connectivity index (χ1) is 9.97. The van der Waals surface area contributed by atoms with E-state index in [9.17, 15) is 14.3 Å². The molecule has 2 rings (SSSR count). The van der Waals surface area contributed by atoms with Gasteiger partial charge in [-0.2, -0.15) is 0 Å². The van der Waals surface area contributed by atoms with Crippen LogP contribution >= 0.6 is 0 Å². The zero-order chi connectivity index (χ0) is 15.4. The van der Waals surface area contributed by atoms with E-state index in [2.05, 4.69) is 5.32 Å². The topological polar surface area (TPSA) is 49.3 Å². The Morgan fingerprint density at radius 2 is 1.81 bits per heavy atom. The molecule has 0 heterocycles. The third-order valence-electron chi connectivity index (χ3n) is 3.33. The Bertz CT molecular complexity index is 645. The Labute approximate surface area is 123 Å². The second-order valence-electron chi connectivity index (χ2n) is 5.13. The number of halogens is 1. The molecule has 0 saturated carbocycles. The van der Waals surface area contributed by atoms with Crippen LogP contribution < -0.4 is 5.32 Å². The van der Waals surface area contributed by atoms with E-state index >= 15 is 0 Å². The number of carbonyl (C=O) groups is 1. The molecule has 0 fully saturated rings. The summed E-state index contributed by atoms with van der Waals surface area (Å²) < 4.78 is 13.5. The number of hydrogen-bond donors (Lipinski definition) is 2. The van der Waals surface area contributed by atoms with E-state index in [0.717, 1.165) is 5.56 Å². The van der Waals surface area contributed by atoms with Gasteiger partial charge in [-0.3, -0.25) is 4.79 Å². The maximum atomic E-state index is 13.5. The summed E-state index contributed by atoms with van der Waals surface area (Å²) >= 11 is 0. The van der Waals surface area contributed by atoms with Crippen molar-refractivity contribution in [3.05, 3.63) is 64.5 Å². The molecule has 21 heavy (non-hydrogen) atoms. The summed E-state index contributed by atoms with van der Waals surface area (Å²) in [6, 6.07) is 10.2. The van der Waals surface area contributed by atoms with Gasteiger partial charge in [-0.1, -0.05) is 30.3 Å². The zero-order valence-electron chi connectivity index (χ0n) is 12.1. The predicted molar refractivity (Wildman–Crippen MR) is 79.5 cm³/mol. The monoisotopic (exact) mass is 287 g/mol. The van der Waals surface area contributed by atoms with Crippen molar-refractivity contribution in [1.82, 2.24) is 5.32 Å². The molecule has 4 heteroatoms. The first-order valence-electron chi connectivity index (χ1n) is 6.76. The van der Waals surface area contributed by atoms with Crippen molar-refractivity contribution in [3.8, 4) is 5.75 Å². The zero-order valence-corrected chi connectivity index (χ0v) is 12.1. The van der Waals surface area contributed by atoms with Crippen LogP contribution in [0.3, 0.4) is 0 Å². The fraction of sp³-hybridized carbons (Fsp3) is 0.235. The first kappa shape index (κ1) is 15.0. The number of nitrogens with one attached hydrogen (secondary N) is 1. The largest absolute Gasteiger partial charge is 0.508 e. The quantitative estimate of drug-likeness (QED) is 0.908. The molecule has 0 atom stereocenters. The van der Waals surface area contributed by atoms with E-state index in [1.165, 1.54) is 0 Å². The molecule has 2 aromatic rings. The third kappa shape index (κ3) is 3.81. The molecular formula is C17H18FNO2. The summed E-state index contributed by atoms with van der Waals surface area (Å²) in [5.41, 5.74) is 2.58. The summed E-state index contributed by atoms with van der Waals surface area (Å²) in [4.78, 5) is 11.9. The summed E-state index contributed by atoms with van der Waals surface area (Å²) in [6.07, 6.45) is 0.117. The van der Waals surface area contributed by atoms with Crippen molar-refractivity contribution in [3.63, 3.8) is 0 Å². The molecule has 0 aliphatic heterocycles. The molecule has 0 aliphatic rings. The van der Waals surface area contributed by atoms with Crippen LogP contribution in [-0.4, -0.2) is 11.0 Å². The lowest BCUT2D eigenvalue weighted by Gasteiger charge is -2.09. The SMILES string of the molecule is Cc1cc(CNC(=O)Cc2ccccc2O)cc(C)c1F. The number of aryl methyl sites for hydroxylation is 2. The van der Waals surface area contributed by atoms with Crippen molar-refractivity contribution < 1.29 is 14.3 Å². The molecular weight excluding hydrogens is 269 g/mol. The van der Waals surface area contributed by atoms with Crippen LogP contribution in [0.1, 0.15) is 22.3 Å². The molecule has 0 spiro atoms. The minimum absolute atomic E-state index is 0.112. The second kappa shape index (κ2) is 6.39. The summed E-state index contributed by atoms with van der Waals surface area (Å²) in [7, 11) is 0. The molecule has 3 nitrogen and oxygen atoms in total. The highest BCUT2D eigenvalue weighted by atomic mass is 19.1. The lowest BCUT2D eigenvalue weighted by atomic mass is 10.1. The van der Waals surface area contributed by atoms with Gasteiger partial charge in [0, 0.05) is 12.1 Å². The van der Waals surface area contributed by atoms with Crippen LogP contribution in [-0.2, 0) is 17.8 Å². The average Bonchev–Trinajstić information content (AvgIpc) is 2.45. The van der Waals surface area contributed by atoms with Crippen LogP contribution in [0.4, 0.5) is 4.39 Å². The van der Waals surface area contributed by atoms with Crippen molar-refractivity contribution in [1.29, 1.82) is 0 Å². The van der Waals surface area contributed by atoms with E-state index in [1.807, 2.05) is 0 Å². The van der Waals surface area contributed by atoms with Crippen LogP contribution in [0.15, 0.2) is 36.4 Å². The van der Waals surface area contributed by atoms with Gasteiger partial charge < -0.3 is 10.4 Å². The maximum absolute atomic E-state index is 13.5. The number of amides is 1. The van der Waals surface area contributed by atoms with Crippen molar-refractivity contribution in [2.45, 2.75) is 26.8 Å². The van der Waals surface area contributed by atoms with Crippen LogP contribution in [0.5, 0.6) is 5.75 Å². The smallest absolute Gasteiger partial charge is 0.224 e. The number of phenols is 1. The van der Waals surface area contributed by atoms with E-state index in [-0.39, 0.29) is 23.9 Å². The lowest BCUT2D eigenvalue weighted by molar-refractivity contribution is -0.120. The van der Waals surface area contributed by atoms with Gasteiger partial charge in [0.25, 0.3) is 0 Å². The number of hydrogen-bond acceptors (Lipinski definition) is 2. The van der Waals surface area contributed by atoms with Crippen LogP contribution in [0.25, 0.3) is 0 Å². The number of carbonyl (C=O) groups excluding carboxylic acids is 1. The minimum Gasteiger partial charge on any atom is -0.508 e. The Morgan fingerprint density at radius 3 is 2.43 bits per heavy atom. The van der Waals surface area contributed by atoms with Gasteiger partial charge in [0.05, 0.1) is 6.42 Å². The van der Waals surface area contributed by atoms with Gasteiger partial charge in [-0.15, -0.1) is 0 Å². The molecule has 0 unspecified atom stereocenters. The van der Waals surface area contributed by atoms with Crippen LogP contribution in [0, 0.1) is 19.7 Å². The fourth-order valence-corrected chi connectivity index (χ4v) is 2.23. The van der Waals surface area contributed by atoms with Crippen molar-refractivity contribution in [2.24, 2.45) is 0 Å². The summed E-state index contributed by atoms with van der Waals surface area (Å²) in [5.74, 6) is -0.281. The van der Waals surface area contributed by atoms with Crippen molar-refractivity contribution >= 4 is 5.91 Å². The standard InChI is InChI=1S/C17H18FNO2/c1-11-7-13(8-12(2)17(11)18)10-19-16(21)9-14-5-3-4-6-15(14)20/h3-8,20H,9-10H2,1-2H3,(H,19,21). The Hall–Kier alpha value is -2.36. The maximum Gasteiger partial charge on any atom is 0.224 e. The Morgan fingerprint density at radius 1 is 1.19 bits per heavy atom. The van der Waals surface area contributed by atoms with Gasteiger partial charge in [0.15, 0.2) is 0 Å². The molecule has 0 saturated heterocycles. The number of phenolic OH excluding ortho intramolecular Hbond substituents is 1. The highest BCUT2D eigenvalue weighted by Crippen LogP contribution is 2.17. The molecule has 2 aromatic carbocycles. The van der Waals surface area contributed by atoms with E-state index < -0.39 is 0 Å². The number of rotatable bonds is 4. The normalized spacial score (nSPS) is 10.4. The first-order valence-corrected chi connectivity index (χ1v) is 6.76. The molecule has 0 bridgehead atoms.